The van der Waals surface area contributed by atoms with Crippen LogP contribution >= 0.6 is 0 Å². The highest BCUT2D eigenvalue weighted by Gasteiger charge is 2.18. The van der Waals surface area contributed by atoms with Crippen molar-refractivity contribution in [1.82, 2.24) is 10.3 Å². The van der Waals surface area contributed by atoms with Gasteiger partial charge in [0.15, 0.2) is 0 Å². The number of nitrogens with two attached hydrogens (primary N) is 1. The van der Waals surface area contributed by atoms with Crippen molar-refractivity contribution in [2.24, 2.45) is 0 Å². The van der Waals surface area contributed by atoms with Crippen molar-refractivity contribution in [2.75, 3.05) is 18.8 Å². The van der Waals surface area contributed by atoms with Gasteiger partial charge in [0.1, 0.15) is 0 Å². The minimum atomic E-state index is 0.587. The zero-order chi connectivity index (χ0) is 11.7. The van der Waals surface area contributed by atoms with Crippen LogP contribution in [0.15, 0.2) is 30.5 Å². The minimum Gasteiger partial charge on any atom is -0.399 e. The summed E-state index contributed by atoms with van der Waals surface area (Å²) in [6.07, 6.45) is 4.26. The molecule has 1 aliphatic rings. The topological polar surface area (TPSA) is 50.9 Å². The van der Waals surface area contributed by atoms with Crippen LogP contribution in [0.2, 0.25) is 0 Å². The monoisotopic (exact) mass is 227 g/mol. The molecule has 1 fully saturated rings. The summed E-state index contributed by atoms with van der Waals surface area (Å²) in [5.74, 6) is 0.587. The van der Waals surface area contributed by atoms with E-state index >= 15 is 0 Å². The van der Waals surface area contributed by atoms with Gasteiger partial charge in [-0.25, -0.2) is 0 Å². The van der Waals surface area contributed by atoms with Crippen LogP contribution in [0.5, 0.6) is 0 Å². The second kappa shape index (κ2) is 4.34. The lowest BCUT2D eigenvalue weighted by molar-refractivity contribution is 0.455. The lowest BCUT2D eigenvalue weighted by Crippen LogP contribution is -2.27. The number of fused-ring (bicyclic) bond motifs is 1. The summed E-state index contributed by atoms with van der Waals surface area (Å²) >= 11 is 0. The Morgan fingerprint density at radius 1 is 1.18 bits per heavy atom. The van der Waals surface area contributed by atoms with Crippen LogP contribution in [0.25, 0.3) is 10.8 Å². The summed E-state index contributed by atoms with van der Waals surface area (Å²) in [5.41, 5.74) is 7.88. The van der Waals surface area contributed by atoms with E-state index in [2.05, 4.69) is 16.4 Å². The van der Waals surface area contributed by atoms with E-state index < -0.39 is 0 Å². The van der Waals surface area contributed by atoms with Gasteiger partial charge in [-0.3, -0.25) is 4.98 Å². The number of piperidine rings is 1. The molecule has 3 nitrogen and oxygen atoms in total. The zero-order valence-corrected chi connectivity index (χ0v) is 9.82. The smallest absolute Gasteiger partial charge is 0.0513 e. The molecule has 0 saturated carbocycles. The average molecular weight is 227 g/mol. The predicted molar refractivity (Wildman–Crippen MR) is 71.0 cm³/mol. The highest BCUT2D eigenvalue weighted by molar-refractivity contribution is 5.87. The molecule has 0 unspecified atom stereocenters. The standard InChI is InChI=1S/C14H17N3/c15-12-1-2-13-11(9-12)5-8-17-14(13)10-3-6-16-7-4-10/h1-2,5,8-10,16H,3-4,6-7,15H2. The molecule has 1 aliphatic heterocycles. The zero-order valence-electron chi connectivity index (χ0n) is 9.82. The van der Waals surface area contributed by atoms with Crippen LogP contribution in [-0.2, 0) is 0 Å². The molecule has 3 rings (SSSR count). The van der Waals surface area contributed by atoms with Crippen molar-refractivity contribution in [1.29, 1.82) is 0 Å². The van der Waals surface area contributed by atoms with E-state index in [0.717, 1.165) is 18.8 Å². The molecule has 3 heteroatoms. The van der Waals surface area contributed by atoms with Crippen molar-refractivity contribution in [3.63, 3.8) is 0 Å². The number of rotatable bonds is 1. The molecule has 2 heterocycles. The highest BCUT2D eigenvalue weighted by atomic mass is 14.9. The predicted octanol–water partition coefficient (Wildman–Crippen LogP) is 2.28. The normalized spacial score (nSPS) is 17.4. The summed E-state index contributed by atoms with van der Waals surface area (Å²) < 4.78 is 0. The average Bonchev–Trinajstić information content (AvgIpc) is 2.39. The molecule has 1 aromatic carbocycles. The van der Waals surface area contributed by atoms with Crippen molar-refractivity contribution < 1.29 is 0 Å². The molecule has 0 aliphatic carbocycles. The molecule has 17 heavy (non-hydrogen) atoms. The molecule has 0 amide bonds. The highest BCUT2D eigenvalue weighted by Crippen LogP contribution is 2.30. The van der Waals surface area contributed by atoms with Crippen molar-refractivity contribution >= 4 is 16.5 Å². The van der Waals surface area contributed by atoms with Crippen molar-refractivity contribution in [3.05, 3.63) is 36.2 Å². The fourth-order valence-electron chi connectivity index (χ4n) is 2.64. The number of nitrogens with zero attached hydrogens (tertiary/aromatic N) is 1. The van der Waals surface area contributed by atoms with Crippen LogP contribution < -0.4 is 11.1 Å². The fraction of sp³-hybridized carbons (Fsp3) is 0.357. The molecule has 1 saturated heterocycles. The maximum Gasteiger partial charge on any atom is 0.0513 e. The molecule has 2 aromatic rings. The fourth-order valence-corrected chi connectivity index (χ4v) is 2.64. The summed E-state index contributed by atoms with van der Waals surface area (Å²) in [6.45, 7) is 2.19. The molecule has 1 aromatic heterocycles. The lowest BCUT2D eigenvalue weighted by Gasteiger charge is -2.23. The molecule has 88 valence electrons. The summed E-state index contributed by atoms with van der Waals surface area (Å²) in [4.78, 5) is 4.59. The maximum atomic E-state index is 5.82. The first-order chi connectivity index (χ1) is 8.34. The molecule has 0 radical (unpaired) electrons. The number of nitrogens with one attached hydrogen (secondary N) is 1. The van der Waals surface area contributed by atoms with E-state index in [0.29, 0.717) is 5.92 Å². The Kier molecular flexibility index (Phi) is 2.69. The number of hydrogen-bond acceptors (Lipinski definition) is 3. The third kappa shape index (κ3) is 1.98. The molecular weight excluding hydrogens is 210 g/mol. The summed E-state index contributed by atoms with van der Waals surface area (Å²) in [5, 5.41) is 5.85. The van der Waals surface area contributed by atoms with E-state index in [9.17, 15) is 0 Å². The summed E-state index contributed by atoms with van der Waals surface area (Å²) in [6, 6.07) is 8.14. The number of nitrogen functional groups attached to an aromatic ring is 1. The first-order valence-corrected chi connectivity index (χ1v) is 6.19. The Hall–Kier alpha value is -1.61. The van der Waals surface area contributed by atoms with E-state index in [1.165, 1.54) is 29.3 Å². The van der Waals surface area contributed by atoms with Gasteiger partial charge in [-0.05, 0) is 49.5 Å². The van der Waals surface area contributed by atoms with Crippen LogP contribution in [0.1, 0.15) is 24.5 Å². The second-order valence-corrected chi connectivity index (χ2v) is 4.70. The largest absolute Gasteiger partial charge is 0.399 e. The third-order valence-electron chi connectivity index (χ3n) is 3.55. The molecule has 0 bridgehead atoms. The first-order valence-electron chi connectivity index (χ1n) is 6.19. The Balaban J connectivity index is 2.09. The Bertz CT molecular complexity index is 530. The second-order valence-electron chi connectivity index (χ2n) is 4.70. The SMILES string of the molecule is Nc1ccc2c(C3CCNCC3)nccc2c1. The summed E-state index contributed by atoms with van der Waals surface area (Å²) in [7, 11) is 0. The van der Waals surface area contributed by atoms with Gasteiger partial charge in [0, 0.05) is 23.2 Å². The van der Waals surface area contributed by atoms with Gasteiger partial charge in [0.05, 0.1) is 5.69 Å². The van der Waals surface area contributed by atoms with E-state index in [1.54, 1.807) is 0 Å². The van der Waals surface area contributed by atoms with Gasteiger partial charge in [-0.1, -0.05) is 6.07 Å². The van der Waals surface area contributed by atoms with E-state index in [-0.39, 0.29) is 0 Å². The number of hydrogen-bond donors (Lipinski definition) is 2. The van der Waals surface area contributed by atoms with Gasteiger partial charge < -0.3 is 11.1 Å². The quantitative estimate of drug-likeness (QED) is 0.735. The van der Waals surface area contributed by atoms with Crippen LogP contribution in [0, 0.1) is 0 Å². The van der Waals surface area contributed by atoms with Gasteiger partial charge in [-0.2, -0.15) is 0 Å². The Morgan fingerprint density at radius 2 is 2.00 bits per heavy atom. The van der Waals surface area contributed by atoms with Gasteiger partial charge in [0.25, 0.3) is 0 Å². The van der Waals surface area contributed by atoms with Crippen molar-refractivity contribution in [2.45, 2.75) is 18.8 Å². The van der Waals surface area contributed by atoms with E-state index in [4.69, 9.17) is 5.73 Å². The molecule has 3 N–H and O–H groups in total. The maximum absolute atomic E-state index is 5.82. The molecule has 0 atom stereocenters. The van der Waals surface area contributed by atoms with Gasteiger partial charge in [0.2, 0.25) is 0 Å². The van der Waals surface area contributed by atoms with E-state index in [1.807, 2.05) is 24.4 Å². The van der Waals surface area contributed by atoms with Crippen molar-refractivity contribution in [3.8, 4) is 0 Å². The third-order valence-corrected chi connectivity index (χ3v) is 3.55. The lowest BCUT2D eigenvalue weighted by atomic mass is 9.91. The van der Waals surface area contributed by atoms with Gasteiger partial charge in [-0.15, -0.1) is 0 Å². The number of pyridine rings is 1. The number of benzene rings is 1. The van der Waals surface area contributed by atoms with Crippen LogP contribution in [0.4, 0.5) is 5.69 Å². The first kappa shape index (κ1) is 10.5. The van der Waals surface area contributed by atoms with Crippen LogP contribution in [-0.4, -0.2) is 18.1 Å². The number of aromatic nitrogens is 1. The molecule has 0 spiro atoms. The number of anilines is 1. The van der Waals surface area contributed by atoms with Crippen LogP contribution in [0.3, 0.4) is 0 Å². The Labute approximate surface area is 101 Å². The molecular formula is C14H17N3. The minimum absolute atomic E-state index is 0.587. The van der Waals surface area contributed by atoms with Gasteiger partial charge >= 0.3 is 0 Å². The Morgan fingerprint density at radius 3 is 2.82 bits per heavy atom.